The lowest BCUT2D eigenvalue weighted by molar-refractivity contribution is 0.0955. The number of amides is 1. The number of rotatable bonds is 4. The SMILES string of the molecule is CC/C(=N\NC(=O)c1cccc(Cl)c1)c1ccc(C)cc1. The Labute approximate surface area is 129 Å². The molecule has 2 rings (SSSR count). The van der Waals surface area contributed by atoms with Gasteiger partial charge in [-0.1, -0.05) is 54.4 Å². The van der Waals surface area contributed by atoms with Crippen molar-refractivity contribution in [3.63, 3.8) is 0 Å². The molecule has 2 aromatic carbocycles. The average molecular weight is 301 g/mol. The van der Waals surface area contributed by atoms with Crippen LogP contribution in [0.4, 0.5) is 0 Å². The summed E-state index contributed by atoms with van der Waals surface area (Å²) < 4.78 is 0. The number of benzene rings is 2. The molecule has 0 heterocycles. The lowest BCUT2D eigenvalue weighted by atomic mass is 10.1. The molecular weight excluding hydrogens is 284 g/mol. The Balaban J connectivity index is 2.14. The maximum Gasteiger partial charge on any atom is 0.271 e. The first-order valence-corrected chi connectivity index (χ1v) is 7.17. The Morgan fingerprint density at radius 2 is 1.86 bits per heavy atom. The number of aryl methyl sites for hydroxylation is 1. The number of nitrogens with zero attached hydrogens (tertiary/aromatic N) is 1. The zero-order valence-electron chi connectivity index (χ0n) is 12.1. The molecular formula is C17H17ClN2O. The quantitative estimate of drug-likeness (QED) is 0.667. The van der Waals surface area contributed by atoms with E-state index in [0.29, 0.717) is 10.6 Å². The molecule has 0 fully saturated rings. The molecule has 1 amide bonds. The van der Waals surface area contributed by atoms with E-state index in [1.54, 1.807) is 24.3 Å². The number of hydrazone groups is 1. The van der Waals surface area contributed by atoms with Crippen LogP contribution in [-0.2, 0) is 0 Å². The van der Waals surface area contributed by atoms with Gasteiger partial charge in [-0.15, -0.1) is 0 Å². The zero-order chi connectivity index (χ0) is 15.2. The molecule has 0 radical (unpaired) electrons. The third-order valence-corrected chi connectivity index (χ3v) is 3.33. The van der Waals surface area contributed by atoms with Crippen LogP contribution < -0.4 is 5.43 Å². The van der Waals surface area contributed by atoms with E-state index in [1.165, 1.54) is 5.56 Å². The summed E-state index contributed by atoms with van der Waals surface area (Å²) in [5.41, 5.74) is 6.11. The summed E-state index contributed by atoms with van der Waals surface area (Å²) in [6.07, 6.45) is 0.735. The molecule has 0 aliphatic rings. The van der Waals surface area contributed by atoms with Gasteiger partial charge in [-0.25, -0.2) is 5.43 Å². The third kappa shape index (κ3) is 4.17. The molecule has 3 nitrogen and oxygen atoms in total. The maximum absolute atomic E-state index is 12.0. The fraction of sp³-hybridized carbons (Fsp3) is 0.176. The van der Waals surface area contributed by atoms with Gasteiger partial charge in [0.2, 0.25) is 0 Å². The van der Waals surface area contributed by atoms with Crippen molar-refractivity contribution in [2.24, 2.45) is 5.10 Å². The highest BCUT2D eigenvalue weighted by atomic mass is 35.5. The fourth-order valence-electron chi connectivity index (χ4n) is 1.91. The molecule has 0 saturated heterocycles. The number of hydrogen-bond donors (Lipinski definition) is 1. The Kier molecular flexibility index (Phi) is 5.12. The van der Waals surface area contributed by atoms with Crippen molar-refractivity contribution in [2.45, 2.75) is 20.3 Å². The normalized spacial score (nSPS) is 11.3. The monoisotopic (exact) mass is 300 g/mol. The van der Waals surface area contributed by atoms with Gasteiger partial charge in [0.15, 0.2) is 0 Å². The fourth-order valence-corrected chi connectivity index (χ4v) is 2.10. The van der Waals surface area contributed by atoms with Crippen molar-refractivity contribution in [3.05, 3.63) is 70.2 Å². The van der Waals surface area contributed by atoms with Gasteiger partial charge in [0, 0.05) is 10.6 Å². The van der Waals surface area contributed by atoms with Crippen molar-refractivity contribution in [1.82, 2.24) is 5.43 Å². The topological polar surface area (TPSA) is 41.5 Å². The summed E-state index contributed by atoms with van der Waals surface area (Å²) in [6, 6.07) is 14.8. The molecule has 0 unspecified atom stereocenters. The first-order chi connectivity index (χ1) is 10.1. The minimum Gasteiger partial charge on any atom is -0.267 e. The average Bonchev–Trinajstić information content (AvgIpc) is 2.49. The summed E-state index contributed by atoms with van der Waals surface area (Å²) in [6.45, 7) is 4.04. The summed E-state index contributed by atoms with van der Waals surface area (Å²) in [5.74, 6) is -0.268. The molecule has 108 valence electrons. The van der Waals surface area contributed by atoms with Crippen LogP contribution in [0.5, 0.6) is 0 Å². The van der Waals surface area contributed by atoms with Crippen molar-refractivity contribution in [2.75, 3.05) is 0 Å². The maximum atomic E-state index is 12.0. The molecule has 0 aliphatic carbocycles. The highest BCUT2D eigenvalue weighted by Gasteiger charge is 2.06. The summed E-state index contributed by atoms with van der Waals surface area (Å²) in [7, 11) is 0. The van der Waals surface area contributed by atoms with E-state index < -0.39 is 0 Å². The van der Waals surface area contributed by atoms with Gasteiger partial charge in [0.05, 0.1) is 5.71 Å². The molecule has 0 aromatic heterocycles. The van der Waals surface area contributed by atoms with E-state index in [9.17, 15) is 4.79 Å². The minimum atomic E-state index is -0.268. The Bertz CT molecular complexity index is 663. The summed E-state index contributed by atoms with van der Waals surface area (Å²) in [4.78, 5) is 12.0. The molecule has 0 aliphatic heterocycles. The summed E-state index contributed by atoms with van der Waals surface area (Å²) >= 11 is 5.87. The molecule has 2 aromatic rings. The van der Waals surface area contributed by atoms with Crippen LogP contribution in [0, 0.1) is 6.92 Å². The van der Waals surface area contributed by atoms with Crippen LogP contribution in [0.2, 0.25) is 5.02 Å². The highest BCUT2D eigenvalue weighted by Crippen LogP contribution is 2.11. The van der Waals surface area contributed by atoms with E-state index in [1.807, 2.05) is 38.1 Å². The molecule has 0 spiro atoms. The third-order valence-electron chi connectivity index (χ3n) is 3.10. The highest BCUT2D eigenvalue weighted by molar-refractivity contribution is 6.30. The number of carbonyl (C=O) groups excluding carboxylic acids is 1. The standard InChI is InChI=1S/C17H17ClN2O/c1-3-16(13-9-7-12(2)8-10-13)19-20-17(21)14-5-4-6-15(18)11-14/h4-11H,3H2,1-2H3,(H,20,21)/b19-16+. The van der Waals surface area contributed by atoms with Crippen LogP contribution in [0.15, 0.2) is 53.6 Å². The molecule has 0 bridgehead atoms. The van der Waals surface area contributed by atoms with Crippen molar-refractivity contribution in [1.29, 1.82) is 0 Å². The van der Waals surface area contributed by atoms with Crippen LogP contribution in [-0.4, -0.2) is 11.6 Å². The van der Waals surface area contributed by atoms with Gasteiger partial charge in [0.1, 0.15) is 0 Å². The molecule has 0 saturated carbocycles. The van der Waals surface area contributed by atoms with Gasteiger partial charge >= 0.3 is 0 Å². The zero-order valence-corrected chi connectivity index (χ0v) is 12.8. The van der Waals surface area contributed by atoms with E-state index in [0.717, 1.165) is 17.7 Å². The smallest absolute Gasteiger partial charge is 0.267 e. The van der Waals surface area contributed by atoms with Crippen molar-refractivity contribution >= 4 is 23.2 Å². The van der Waals surface area contributed by atoms with Crippen LogP contribution >= 0.6 is 11.6 Å². The Morgan fingerprint density at radius 1 is 1.14 bits per heavy atom. The molecule has 21 heavy (non-hydrogen) atoms. The second-order valence-corrected chi connectivity index (χ2v) is 5.17. The minimum absolute atomic E-state index is 0.268. The molecule has 0 atom stereocenters. The molecule has 4 heteroatoms. The lowest BCUT2D eigenvalue weighted by Gasteiger charge is -2.06. The predicted octanol–water partition coefficient (Wildman–Crippen LogP) is 4.19. The van der Waals surface area contributed by atoms with Crippen molar-refractivity contribution < 1.29 is 4.79 Å². The van der Waals surface area contributed by atoms with Gasteiger partial charge in [-0.05, 0) is 37.1 Å². The Morgan fingerprint density at radius 3 is 2.48 bits per heavy atom. The second-order valence-electron chi connectivity index (χ2n) is 4.73. The van der Waals surface area contributed by atoms with E-state index in [4.69, 9.17) is 11.6 Å². The van der Waals surface area contributed by atoms with Gasteiger partial charge in [-0.3, -0.25) is 4.79 Å². The van der Waals surface area contributed by atoms with Gasteiger partial charge in [0.25, 0.3) is 5.91 Å². The largest absolute Gasteiger partial charge is 0.271 e. The van der Waals surface area contributed by atoms with Gasteiger partial charge in [-0.2, -0.15) is 5.10 Å². The molecule has 1 N–H and O–H groups in total. The van der Waals surface area contributed by atoms with E-state index in [2.05, 4.69) is 10.5 Å². The van der Waals surface area contributed by atoms with E-state index >= 15 is 0 Å². The van der Waals surface area contributed by atoms with Crippen molar-refractivity contribution in [3.8, 4) is 0 Å². The first-order valence-electron chi connectivity index (χ1n) is 6.79. The predicted molar refractivity (Wildman–Crippen MR) is 86.9 cm³/mol. The number of nitrogens with one attached hydrogen (secondary N) is 1. The first kappa shape index (κ1) is 15.3. The van der Waals surface area contributed by atoms with Crippen LogP contribution in [0.1, 0.15) is 34.8 Å². The van der Waals surface area contributed by atoms with E-state index in [-0.39, 0.29) is 5.91 Å². The second kappa shape index (κ2) is 7.04. The number of halogens is 1. The van der Waals surface area contributed by atoms with Crippen LogP contribution in [0.3, 0.4) is 0 Å². The number of carbonyl (C=O) groups is 1. The number of hydrogen-bond acceptors (Lipinski definition) is 2. The summed E-state index contributed by atoms with van der Waals surface area (Å²) in [5, 5.41) is 4.75. The van der Waals surface area contributed by atoms with Gasteiger partial charge < -0.3 is 0 Å². The Hall–Kier alpha value is -2.13. The van der Waals surface area contributed by atoms with Crippen LogP contribution in [0.25, 0.3) is 0 Å². The lowest BCUT2D eigenvalue weighted by Crippen LogP contribution is -2.20.